The van der Waals surface area contributed by atoms with Gasteiger partial charge in [-0.2, -0.15) is 0 Å². The third-order valence-electron chi connectivity index (χ3n) is 4.02. The molecular formula is C19H24N2O3S. The summed E-state index contributed by atoms with van der Waals surface area (Å²) in [6.07, 6.45) is 1.64. The molecule has 1 amide bonds. The first kappa shape index (κ1) is 19.3. The third kappa shape index (κ3) is 4.74. The molecule has 1 aromatic carbocycles. The van der Waals surface area contributed by atoms with Crippen LogP contribution in [0.25, 0.3) is 0 Å². The summed E-state index contributed by atoms with van der Waals surface area (Å²) < 4.78 is 0. The monoisotopic (exact) mass is 360 g/mol. The molecule has 2 rings (SSSR count). The number of nitrogens with zero attached hydrogens (tertiary/aromatic N) is 1. The molecule has 3 N–H and O–H groups in total. The van der Waals surface area contributed by atoms with Gasteiger partial charge in [-0.3, -0.25) is 9.78 Å². The van der Waals surface area contributed by atoms with Gasteiger partial charge < -0.3 is 15.5 Å². The van der Waals surface area contributed by atoms with Crippen LogP contribution in [0.1, 0.15) is 33.5 Å². The molecule has 0 atom stereocenters. The molecule has 1 aromatic heterocycles. The molecule has 1 heterocycles. The summed E-state index contributed by atoms with van der Waals surface area (Å²) in [7, 11) is 0. The first-order chi connectivity index (χ1) is 11.8. The molecule has 0 aliphatic heterocycles. The van der Waals surface area contributed by atoms with Crippen LogP contribution in [0.15, 0.2) is 18.3 Å². The Morgan fingerprint density at radius 1 is 1.20 bits per heavy atom. The van der Waals surface area contributed by atoms with E-state index in [1.165, 1.54) is 17.3 Å². The van der Waals surface area contributed by atoms with Gasteiger partial charge >= 0.3 is 0 Å². The second kappa shape index (κ2) is 8.36. The van der Waals surface area contributed by atoms with Crippen LogP contribution in [0.5, 0.6) is 5.75 Å². The first-order valence-corrected chi connectivity index (χ1v) is 9.21. The number of carbonyl (C=O) groups excluding carboxylic acids is 1. The number of aromatic hydroxyl groups is 1. The van der Waals surface area contributed by atoms with Crippen LogP contribution in [0.4, 0.5) is 5.69 Å². The van der Waals surface area contributed by atoms with Gasteiger partial charge in [0.2, 0.25) is 5.91 Å². The van der Waals surface area contributed by atoms with Gasteiger partial charge in [-0.1, -0.05) is 17.7 Å². The Bertz CT molecular complexity index is 767. The van der Waals surface area contributed by atoms with Crippen molar-refractivity contribution in [1.29, 1.82) is 0 Å². The minimum Gasteiger partial charge on any atom is -0.506 e. The van der Waals surface area contributed by atoms with E-state index in [9.17, 15) is 15.0 Å². The van der Waals surface area contributed by atoms with Crippen molar-refractivity contribution in [2.75, 3.05) is 11.1 Å². The molecule has 2 aromatic rings. The van der Waals surface area contributed by atoms with E-state index in [1.807, 2.05) is 32.9 Å². The lowest BCUT2D eigenvalue weighted by atomic mass is 10.1. The number of aliphatic hydroxyl groups excluding tert-OH is 1. The molecule has 0 saturated carbocycles. The van der Waals surface area contributed by atoms with Crippen molar-refractivity contribution in [2.45, 2.75) is 40.1 Å². The normalized spacial score (nSPS) is 10.8. The fraction of sp³-hybridized carbons (Fsp3) is 0.368. The average molecular weight is 360 g/mol. The van der Waals surface area contributed by atoms with Crippen molar-refractivity contribution < 1.29 is 15.0 Å². The molecule has 0 aliphatic rings. The van der Waals surface area contributed by atoms with E-state index < -0.39 is 0 Å². The molecule has 0 fully saturated rings. The zero-order valence-electron chi connectivity index (χ0n) is 15.0. The zero-order valence-corrected chi connectivity index (χ0v) is 15.8. The highest BCUT2D eigenvalue weighted by Gasteiger charge is 2.12. The summed E-state index contributed by atoms with van der Waals surface area (Å²) >= 11 is 1.42. The Morgan fingerprint density at radius 2 is 1.84 bits per heavy atom. The molecular weight excluding hydrogens is 336 g/mol. The van der Waals surface area contributed by atoms with E-state index in [2.05, 4.69) is 10.3 Å². The topological polar surface area (TPSA) is 82.5 Å². The predicted molar refractivity (Wildman–Crippen MR) is 102 cm³/mol. The number of aromatic nitrogens is 1. The van der Waals surface area contributed by atoms with Crippen molar-refractivity contribution in [1.82, 2.24) is 4.98 Å². The fourth-order valence-corrected chi connectivity index (χ4v) is 3.62. The van der Waals surface area contributed by atoms with Gasteiger partial charge in [0.05, 0.1) is 18.1 Å². The molecule has 0 unspecified atom stereocenters. The fourth-order valence-electron chi connectivity index (χ4n) is 2.79. The Balaban J connectivity index is 1.97. The number of nitrogens with one attached hydrogen (secondary N) is 1. The number of aryl methyl sites for hydroxylation is 4. The van der Waals surface area contributed by atoms with Crippen LogP contribution < -0.4 is 5.32 Å². The third-order valence-corrected chi connectivity index (χ3v) is 5.00. The number of thioether (sulfide) groups is 1. The number of rotatable bonds is 6. The Labute approximate surface area is 152 Å². The van der Waals surface area contributed by atoms with Crippen molar-refractivity contribution in [3.05, 3.63) is 51.8 Å². The Kier molecular flexibility index (Phi) is 6.45. The highest BCUT2D eigenvalue weighted by Crippen LogP contribution is 2.27. The molecule has 0 bridgehead atoms. The van der Waals surface area contributed by atoms with E-state index in [0.717, 1.165) is 22.4 Å². The molecule has 0 spiro atoms. The zero-order chi connectivity index (χ0) is 18.6. The first-order valence-electron chi connectivity index (χ1n) is 8.06. The van der Waals surface area contributed by atoms with Crippen LogP contribution in [-0.4, -0.2) is 26.9 Å². The molecule has 0 radical (unpaired) electrons. The maximum Gasteiger partial charge on any atom is 0.234 e. The van der Waals surface area contributed by atoms with Crippen LogP contribution in [-0.2, 0) is 17.2 Å². The Hall–Kier alpha value is -2.05. The maximum absolute atomic E-state index is 12.2. The lowest BCUT2D eigenvalue weighted by molar-refractivity contribution is -0.113. The van der Waals surface area contributed by atoms with Gasteiger partial charge in [-0.15, -0.1) is 11.8 Å². The van der Waals surface area contributed by atoms with Crippen molar-refractivity contribution in [3.63, 3.8) is 0 Å². The van der Waals surface area contributed by atoms with Crippen molar-refractivity contribution >= 4 is 23.4 Å². The Morgan fingerprint density at radius 3 is 2.44 bits per heavy atom. The van der Waals surface area contributed by atoms with E-state index in [1.54, 1.807) is 13.1 Å². The highest BCUT2D eigenvalue weighted by atomic mass is 32.2. The second-order valence-electron chi connectivity index (χ2n) is 6.17. The number of pyridine rings is 1. The van der Waals surface area contributed by atoms with E-state index in [0.29, 0.717) is 17.0 Å². The van der Waals surface area contributed by atoms with Crippen molar-refractivity contribution in [3.8, 4) is 5.75 Å². The highest BCUT2D eigenvalue weighted by molar-refractivity contribution is 7.99. The summed E-state index contributed by atoms with van der Waals surface area (Å²) in [6, 6.07) is 4.09. The van der Waals surface area contributed by atoms with Gasteiger partial charge in [0.25, 0.3) is 0 Å². The van der Waals surface area contributed by atoms with Crippen LogP contribution in [0.3, 0.4) is 0 Å². The molecule has 5 nitrogen and oxygen atoms in total. The van der Waals surface area contributed by atoms with E-state index in [4.69, 9.17) is 0 Å². The van der Waals surface area contributed by atoms with Crippen LogP contribution in [0, 0.1) is 27.7 Å². The number of carbonyl (C=O) groups is 1. The predicted octanol–water partition coefficient (Wildman–Crippen LogP) is 3.39. The minimum atomic E-state index is -0.251. The van der Waals surface area contributed by atoms with E-state index in [-0.39, 0.29) is 24.0 Å². The number of benzene rings is 1. The quantitative estimate of drug-likeness (QED) is 0.736. The summed E-state index contributed by atoms with van der Waals surface area (Å²) in [5, 5.41) is 22.4. The van der Waals surface area contributed by atoms with Gasteiger partial charge in [-0.05, 0) is 44.4 Å². The van der Waals surface area contributed by atoms with Gasteiger partial charge in [-0.25, -0.2) is 0 Å². The minimum absolute atomic E-state index is 0.0240. The largest absolute Gasteiger partial charge is 0.506 e. The van der Waals surface area contributed by atoms with Crippen molar-refractivity contribution in [2.24, 2.45) is 0 Å². The lowest BCUT2D eigenvalue weighted by Gasteiger charge is -2.13. The SMILES string of the molecule is Cc1cc(C)c(NC(=O)CSCc2cnc(C)c(O)c2CO)c(C)c1. The molecule has 0 aliphatic carbocycles. The number of anilines is 1. The number of amides is 1. The molecule has 6 heteroatoms. The average Bonchev–Trinajstić information content (AvgIpc) is 2.54. The number of hydrogen-bond acceptors (Lipinski definition) is 5. The van der Waals surface area contributed by atoms with Gasteiger partial charge in [0.1, 0.15) is 5.75 Å². The van der Waals surface area contributed by atoms with Gasteiger partial charge in [0, 0.05) is 23.2 Å². The summed E-state index contributed by atoms with van der Waals surface area (Å²) in [6.45, 7) is 7.43. The van der Waals surface area contributed by atoms with Crippen LogP contribution >= 0.6 is 11.8 Å². The van der Waals surface area contributed by atoms with Gasteiger partial charge in [0.15, 0.2) is 0 Å². The summed E-state index contributed by atoms with van der Waals surface area (Å²) in [5.74, 6) is 0.730. The smallest absolute Gasteiger partial charge is 0.234 e. The van der Waals surface area contributed by atoms with Crippen LogP contribution in [0.2, 0.25) is 0 Å². The number of aliphatic hydroxyl groups is 1. The molecule has 0 saturated heterocycles. The molecule has 25 heavy (non-hydrogen) atoms. The number of hydrogen-bond donors (Lipinski definition) is 3. The maximum atomic E-state index is 12.2. The molecule has 134 valence electrons. The second-order valence-corrected chi connectivity index (χ2v) is 7.15. The summed E-state index contributed by atoms with van der Waals surface area (Å²) in [4.78, 5) is 16.3. The summed E-state index contributed by atoms with van der Waals surface area (Å²) in [5.41, 5.74) is 5.84. The van der Waals surface area contributed by atoms with E-state index >= 15 is 0 Å². The standard InChI is InChI=1S/C19H24N2O3S/c1-11-5-12(2)18(13(3)6-11)21-17(23)10-25-9-15-7-20-14(4)19(24)16(15)8-22/h5-7,22,24H,8-10H2,1-4H3,(H,21,23). The lowest BCUT2D eigenvalue weighted by Crippen LogP contribution is -2.16.